The van der Waals surface area contributed by atoms with Gasteiger partial charge in [-0.15, -0.1) is 0 Å². The van der Waals surface area contributed by atoms with Crippen LogP contribution in [0.15, 0.2) is 18.6 Å². The Hall–Kier alpha value is -0.640. The minimum Gasteiger partial charge on any atom is -0.465 e. The first-order chi connectivity index (χ1) is 4.43. The van der Waals surface area contributed by atoms with E-state index in [0.717, 1.165) is 0 Å². The fourth-order valence-electron chi connectivity index (χ4n) is 0.416. The zero-order valence-electron chi connectivity index (χ0n) is 4.62. The van der Waals surface area contributed by atoms with Crippen molar-refractivity contribution in [2.75, 3.05) is 5.52 Å². The zero-order chi connectivity index (χ0) is 6.53. The van der Waals surface area contributed by atoms with Crippen LogP contribution in [0.1, 0.15) is 0 Å². The van der Waals surface area contributed by atoms with Crippen molar-refractivity contribution in [1.82, 2.24) is 9.97 Å². The van der Waals surface area contributed by atoms with Crippen LogP contribution in [0.25, 0.3) is 0 Å². The van der Waals surface area contributed by atoms with E-state index in [9.17, 15) is 0 Å². The highest BCUT2D eigenvalue weighted by molar-refractivity contribution is 9.09. The lowest BCUT2D eigenvalue weighted by molar-refractivity contribution is 0.380. The number of ether oxygens (including phenoxy) is 1. The highest BCUT2D eigenvalue weighted by Gasteiger charge is 1.87. The molecule has 0 atom stereocenters. The minimum absolute atomic E-state index is 0.450. The molecular formula is C5H5BrN2O. The largest absolute Gasteiger partial charge is 0.465 e. The number of nitrogens with zero attached hydrogens (tertiary/aromatic N) is 2. The quantitative estimate of drug-likeness (QED) is 0.655. The van der Waals surface area contributed by atoms with Gasteiger partial charge in [0, 0.05) is 12.4 Å². The second kappa shape index (κ2) is 3.40. The van der Waals surface area contributed by atoms with Gasteiger partial charge in [-0.05, 0) is 15.9 Å². The summed E-state index contributed by atoms with van der Waals surface area (Å²) in [6, 6.07) is 0. The molecule has 0 bridgehead atoms. The Morgan fingerprint density at radius 2 is 2.44 bits per heavy atom. The second-order valence-electron chi connectivity index (χ2n) is 1.30. The summed E-state index contributed by atoms with van der Waals surface area (Å²) in [5.41, 5.74) is 0.450. The molecule has 0 fully saturated rings. The Labute approximate surface area is 61.2 Å². The molecule has 1 rings (SSSR count). The van der Waals surface area contributed by atoms with Crippen LogP contribution < -0.4 is 4.74 Å². The Bertz CT molecular complexity index is 168. The Morgan fingerprint density at radius 3 is 3.00 bits per heavy atom. The molecule has 0 radical (unpaired) electrons. The van der Waals surface area contributed by atoms with Gasteiger partial charge in [0.1, 0.15) is 5.52 Å². The van der Waals surface area contributed by atoms with E-state index in [1.54, 1.807) is 18.6 Å². The maximum absolute atomic E-state index is 4.95. The van der Waals surface area contributed by atoms with Gasteiger partial charge in [0.25, 0.3) is 0 Å². The van der Waals surface area contributed by atoms with Crippen LogP contribution in [0.2, 0.25) is 0 Å². The normalized spacial score (nSPS) is 9.00. The average Bonchev–Trinajstić information content (AvgIpc) is 1.91. The lowest BCUT2D eigenvalue weighted by atomic mass is 10.7. The van der Waals surface area contributed by atoms with E-state index in [0.29, 0.717) is 11.4 Å². The molecule has 0 unspecified atom stereocenters. The smallest absolute Gasteiger partial charge is 0.233 e. The van der Waals surface area contributed by atoms with Crippen LogP contribution in [0, 0.1) is 0 Å². The number of halogens is 1. The van der Waals surface area contributed by atoms with Gasteiger partial charge < -0.3 is 4.74 Å². The van der Waals surface area contributed by atoms with Crippen molar-refractivity contribution in [3.63, 3.8) is 0 Å². The van der Waals surface area contributed by atoms with E-state index in [2.05, 4.69) is 25.9 Å². The molecule has 9 heavy (non-hydrogen) atoms. The summed E-state index contributed by atoms with van der Waals surface area (Å²) in [5, 5.41) is 0. The maximum Gasteiger partial charge on any atom is 0.233 e. The molecule has 0 aliphatic rings. The maximum atomic E-state index is 4.95. The van der Waals surface area contributed by atoms with E-state index in [1.165, 1.54) is 0 Å². The molecule has 3 nitrogen and oxygen atoms in total. The summed E-state index contributed by atoms with van der Waals surface area (Å²) in [6.07, 6.45) is 4.74. The third-order valence-electron chi connectivity index (χ3n) is 0.742. The van der Waals surface area contributed by atoms with Gasteiger partial charge in [-0.2, -0.15) is 0 Å². The van der Waals surface area contributed by atoms with Gasteiger partial charge >= 0.3 is 0 Å². The van der Waals surface area contributed by atoms with Gasteiger partial charge in [0.05, 0.1) is 6.20 Å². The summed E-state index contributed by atoms with van der Waals surface area (Å²) < 4.78 is 4.95. The first-order valence-corrected chi connectivity index (χ1v) is 3.50. The van der Waals surface area contributed by atoms with E-state index >= 15 is 0 Å². The van der Waals surface area contributed by atoms with E-state index in [1.807, 2.05) is 0 Å². The van der Waals surface area contributed by atoms with Crippen LogP contribution in [0.4, 0.5) is 0 Å². The Morgan fingerprint density at radius 1 is 1.56 bits per heavy atom. The fraction of sp³-hybridized carbons (Fsp3) is 0.200. The third kappa shape index (κ3) is 1.97. The lowest BCUT2D eigenvalue weighted by Gasteiger charge is -1.95. The second-order valence-corrected chi connectivity index (χ2v) is 1.75. The lowest BCUT2D eigenvalue weighted by Crippen LogP contribution is -1.90. The Balaban J connectivity index is 2.61. The SMILES string of the molecule is BrCOc1cnccn1. The van der Waals surface area contributed by atoms with E-state index < -0.39 is 0 Å². The van der Waals surface area contributed by atoms with Gasteiger partial charge in [0.2, 0.25) is 5.88 Å². The third-order valence-corrected chi connectivity index (χ3v) is 0.971. The number of rotatable bonds is 2. The summed E-state index contributed by atoms with van der Waals surface area (Å²) in [4.78, 5) is 7.65. The molecule has 0 aliphatic heterocycles. The summed E-state index contributed by atoms with van der Waals surface area (Å²) in [7, 11) is 0. The molecule has 0 saturated carbocycles. The summed E-state index contributed by atoms with van der Waals surface area (Å²) >= 11 is 3.10. The monoisotopic (exact) mass is 188 g/mol. The topological polar surface area (TPSA) is 35.0 Å². The van der Waals surface area contributed by atoms with E-state index in [-0.39, 0.29) is 0 Å². The number of aromatic nitrogens is 2. The predicted octanol–water partition coefficient (Wildman–Crippen LogP) is 1.21. The molecule has 0 saturated heterocycles. The molecule has 0 N–H and O–H groups in total. The van der Waals surface area contributed by atoms with Crippen LogP contribution in [0.5, 0.6) is 5.88 Å². The van der Waals surface area contributed by atoms with Crippen molar-refractivity contribution >= 4 is 15.9 Å². The van der Waals surface area contributed by atoms with E-state index in [4.69, 9.17) is 4.74 Å². The molecule has 4 heteroatoms. The van der Waals surface area contributed by atoms with Gasteiger partial charge in [-0.3, -0.25) is 4.98 Å². The molecular weight excluding hydrogens is 184 g/mol. The van der Waals surface area contributed by atoms with Gasteiger partial charge in [0.15, 0.2) is 0 Å². The highest BCUT2D eigenvalue weighted by atomic mass is 79.9. The highest BCUT2D eigenvalue weighted by Crippen LogP contribution is 2.00. The zero-order valence-corrected chi connectivity index (χ0v) is 6.21. The Kier molecular flexibility index (Phi) is 2.45. The van der Waals surface area contributed by atoms with Crippen molar-refractivity contribution in [2.45, 2.75) is 0 Å². The molecule has 0 spiro atoms. The van der Waals surface area contributed by atoms with Crippen LogP contribution in [-0.4, -0.2) is 15.5 Å². The molecule has 1 heterocycles. The summed E-state index contributed by atoms with van der Waals surface area (Å²) in [5.74, 6) is 0.536. The molecule has 0 aromatic carbocycles. The molecule has 1 aromatic heterocycles. The fourth-order valence-corrected chi connectivity index (χ4v) is 0.650. The standard InChI is InChI=1S/C5H5BrN2O/c6-4-9-5-3-7-1-2-8-5/h1-3H,4H2. The summed E-state index contributed by atoms with van der Waals surface area (Å²) in [6.45, 7) is 0. The number of hydrogen-bond donors (Lipinski definition) is 0. The molecule has 0 amide bonds. The van der Waals surface area contributed by atoms with Crippen molar-refractivity contribution in [3.8, 4) is 5.88 Å². The molecule has 1 aromatic rings. The van der Waals surface area contributed by atoms with Crippen LogP contribution >= 0.6 is 15.9 Å². The first kappa shape index (κ1) is 6.48. The van der Waals surface area contributed by atoms with Gasteiger partial charge in [-0.1, -0.05) is 0 Å². The van der Waals surface area contributed by atoms with Crippen molar-refractivity contribution in [2.24, 2.45) is 0 Å². The van der Waals surface area contributed by atoms with Crippen molar-refractivity contribution in [3.05, 3.63) is 18.6 Å². The predicted molar refractivity (Wildman–Crippen MR) is 36.5 cm³/mol. The van der Waals surface area contributed by atoms with Gasteiger partial charge in [-0.25, -0.2) is 4.98 Å². The first-order valence-electron chi connectivity index (χ1n) is 2.38. The number of hydrogen-bond acceptors (Lipinski definition) is 3. The molecule has 0 aliphatic carbocycles. The van der Waals surface area contributed by atoms with Crippen LogP contribution in [-0.2, 0) is 0 Å². The minimum atomic E-state index is 0.450. The van der Waals surface area contributed by atoms with Crippen LogP contribution in [0.3, 0.4) is 0 Å². The number of alkyl halides is 1. The van der Waals surface area contributed by atoms with Crippen molar-refractivity contribution in [1.29, 1.82) is 0 Å². The molecule has 48 valence electrons. The van der Waals surface area contributed by atoms with Crippen molar-refractivity contribution < 1.29 is 4.74 Å². The average molecular weight is 189 g/mol.